The Balaban J connectivity index is 2.16. The maximum absolute atomic E-state index is 13.4. The molecule has 86 valence electrons. The molecule has 0 aliphatic heterocycles. The van der Waals surface area contributed by atoms with Gasteiger partial charge in [-0.1, -0.05) is 24.3 Å². The largest absolute Gasteiger partial charge is 0.261 e. The summed E-state index contributed by atoms with van der Waals surface area (Å²) in [6, 6.07) is 12.0. The van der Waals surface area contributed by atoms with Gasteiger partial charge in [0.05, 0.1) is 5.71 Å². The Bertz CT molecular complexity index is 523. The third kappa shape index (κ3) is 2.87. The van der Waals surface area contributed by atoms with Crippen LogP contribution in [0.4, 0.5) is 10.2 Å². The first kappa shape index (κ1) is 11.3. The van der Waals surface area contributed by atoms with Crippen LogP contribution in [-0.2, 0) is 0 Å². The minimum atomic E-state index is -0.281. The lowest BCUT2D eigenvalue weighted by Crippen LogP contribution is -2.02. The average Bonchev–Trinajstić information content (AvgIpc) is 2.38. The lowest BCUT2D eigenvalue weighted by molar-refractivity contribution is 0.625. The fourth-order valence-electron chi connectivity index (χ4n) is 1.38. The number of anilines is 1. The number of hydrogen-bond acceptors (Lipinski definition) is 3. The van der Waals surface area contributed by atoms with Crippen molar-refractivity contribution in [3.05, 3.63) is 60.0 Å². The van der Waals surface area contributed by atoms with Gasteiger partial charge in [0.15, 0.2) is 0 Å². The van der Waals surface area contributed by atoms with E-state index in [0.29, 0.717) is 17.1 Å². The van der Waals surface area contributed by atoms with E-state index in [1.165, 1.54) is 6.07 Å². The molecule has 3 nitrogen and oxygen atoms in total. The summed E-state index contributed by atoms with van der Waals surface area (Å²) in [5, 5.41) is 4.09. The molecule has 0 aliphatic rings. The van der Waals surface area contributed by atoms with Crippen LogP contribution in [0, 0.1) is 5.82 Å². The summed E-state index contributed by atoms with van der Waals surface area (Å²) in [6.07, 6.45) is 1.66. The molecule has 0 saturated carbocycles. The fourth-order valence-corrected chi connectivity index (χ4v) is 1.38. The third-order valence-corrected chi connectivity index (χ3v) is 2.27. The molecular weight excluding hydrogens is 217 g/mol. The summed E-state index contributed by atoms with van der Waals surface area (Å²) in [7, 11) is 0. The number of rotatable bonds is 3. The van der Waals surface area contributed by atoms with Crippen LogP contribution in [0.5, 0.6) is 0 Å². The van der Waals surface area contributed by atoms with E-state index < -0.39 is 0 Å². The van der Waals surface area contributed by atoms with Crippen molar-refractivity contribution in [3.8, 4) is 0 Å². The zero-order chi connectivity index (χ0) is 12.1. The molecule has 0 bridgehead atoms. The first-order valence-electron chi connectivity index (χ1n) is 5.23. The molecule has 0 spiro atoms. The summed E-state index contributed by atoms with van der Waals surface area (Å²) in [6.45, 7) is 1.74. The van der Waals surface area contributed by atoms with Gasteiger partial charge in [-0.15, -0.1) is 0 Å². The Hall–Kier alpha value is -2.23. The maximum atomic E-state index is 13.4. The van der Waals surface area contributed by atoms with Crippen LogP contribution >= 0.6 is 0 Å². The van der Waals surface area contributed by atoms with E-state index in [1.54, 1.807) is 37.4 Å². The molecule has 17 heavy (non-hydrogen) atoms. The van der Waals surface area contributed by atoms with Gasteiger partial charge in [0, 0.05) is 11.8 Å². The van der Waals surface area contributed by atoms with Crippen molar-refractivity contribution in [2.45, 2.75) is 6.92 Å². The van der Waals surface area contributed by atoms with Gasteiger partial charge in [-0.3, -0.25) is 5.43 Å². The molecule has 2 aromatic rings. The smallest absolute Gasteiger partial charge is 0.146 e. The molecule has 0 atom stereocenters. The molecule has 2 rings (SSSR count). The van der Waals surface area contributed by atoms with Crippen molar-refractivity contribution in [3.63, 3.8) is 0 Å². The monoisotopic (exact) mass is 229 g/mol. The predicted molar refractivity (Wildman–Crippen MR) is 66.5 cm³/mol. The topological polar surface area (TPSA) is 37.3 Å². The summed E-state index contributed by atoms with van der Waals surface area (Å²) >= 11 is 0. The highest BCUT2D eigenvalue weighted by Crippen LogP contribution is 2.08. The quantitative estimate of drug-likeness (QED) is 0.648. The molecule has 0 radical (unpaired) electrons. The molecule has 1 aromatic heterocycles. The Morgan fingerprint density at radius 3 is 2.65 bits per heavy atom. The standard InChI is InChI=1S/C13H12FN3/c1-10(11-6-2-3-7-12(11)14)16-17-13-8-4-5-9-15-13/h2-9H,1H3,(H,15,17)/b16-10+. The number of benzene rings is 1. The van der Waals surface area contributed by atoms with Crippen molar-refractivity contribution in [1.82, 2.24) is 4.98 Å². The van der Waals surface area contributed by atoms with Crippen LogP contribution in [0.15, 0.2) is 53.8 Å². The first-order chi connectivity index (χ1) is 8.27. The van der Waals surface area contributed by atoms with E-state index >= 15 is 0 Å². The number of nitrogens with one attached hydrogen (secondary N) is 1. The van der Waals surface area contributed by atoms with E-state index in [2.05, 4.69) is 15.5 Å². The average molecular weight is 229 g/mol. The van der Waals surface area contributed by atoms with Crippen molar-refractivity contribution >= 4 is 11.5 Å². The Labute approximate surface area is 99.0 Å². The Morgan fingerprint density at radius 2 is 1.94 bits per heavy atom. The van der Waals surface area contributed by atoms with Crippen LogP contribution < -0.4 is 5.43 Å². The van der Waals surface area contributed by atoms with E-state index in [4.69, 9.17) is 0 Å². The minimum absolute atomic E-state index is 0.281. The lowest BCUT2D eigenvalue weighted by Gasteiger charge is -2.03. The fraction of sp³-hybridized carbons (Fsp3) is 0.0769. The third-order valence-electron chi connectivity index (χ3n) is 2.27. The van der Waals surface area contributed by atoms with Crippen molar-refractivity contribution in [1.29, 1.82) is 0 Å². The Kier molecular flexibility index (Phi) is 3.45. The maximum Gasteiger partial charge on any atom is 0.146 e. The highest BCUT2D eigenvalue weighted by atomic mass is 19.1. The number of nitrogens with zero attached hydrogens (tertiary/aromatic N) is 2. The van der Waals surface area contributed by atoms with Gasteiger partial charge < -0.3 is 0 Å². The number of hydrogen-bond donors (Lipinski definition) is 1. The van der Waals surface area contributed by atoms with Gasteiger partial charge in [0.1, 0.15) is 11.6 Å². The second-order valence-electron chi connectivity index (χ2n) is 3.50. The van der Waals surface area contributed by atoms with Gasteiger partial charge >= 0.3 is 0 Å². The van der Waals surface area contributed by atoms with Gasteiger partial charge in [-0.25, -0.2) is 9.37 Å². The SMILES string of the molecule is C/C(=N\Nc1ccccn1)c1ccccc1F. The van der Waals surface area contributed by atoms with Crippen LogP contribution in [0.3, 0.4) is 0 Å². The number of halogens is 1. The van der Waals surface area contributed by atoms with Gasteiger partial charge in [-0.2, -0.15) is 5.10 Å². The first-order valence-corrected chi connectivity index (χ1v) is 5.23. The molecule has 1 aromatic carbocycles. The second kappa shape index (κ2) is 5.21. The highest BCUT2D eigenvalue weighted by Gasteiger charge is 2.03. The van der Waals surface area contributed by atoms with Crippen molar-refractivity contribution in [2.24, 2.45) is 5.10 Å². The highest BCUT2D eigenvalue weighted by molar-refractivity contribution is 5.99. The van der Waals surface area contributed by atoms with Crippen LogP contribution in [0.1, 0.15) is 12.5 Å². The molecule has 0 amide bonds. The second-order valence-corrected chi connectivity index (χ2v) is 3.50. The number of aromatic nitrogens is 1. The molecule has 1 heterocycles. The molecule has 1 N–H and O–H groups in total. The number of hydrazone groups is 1. The molecule has 4 heteroatoms. The minimum Gasteiger partial charge on any atom is -0.261 e. The summed E-state index contributed by atoms with van der Waals surface area (Å²) < 4.78 is 13.4. The molecule has 0 aliphatic carbocycles. The van der Waals surface area contributed by atoms with Gasteiger partial charge in [-0.05, 0) is 25.1 Å². The van der Waals surface area contributed by atoms with Crippen molar-refractivity contribution < 1.29 is 4.39 Å². The van der Waals surface area contributed by atoms with Crippen LogP contribution in [-0.4, -0.2) is 10.7 Å². The normalized spacial score (nSPS) is 11.3. The number of pyridine rings is 1. The van der Waals surface area contributed by atoms with E-state index in [9.17, 15) is 4.39 Å². The summed E-state index contributed by atoms with van der Waals surface area (Å²) in [5.41, 5.74) is 3.84. The summed E-state index contributed by atoms with van der Waals surface area (Å²) in [5.74, 6) is 0.347. The van der Waals surface area contributed by atoms with Crippen molar-refractivity contribution in [2.75, 3.05) is 5.43 Å². The molecule has 0 unspecified atom stereocenters. The van der Waals surface area contributed by atoms with Crippen LogP contribution in [0.25, 0.3) is 0 Å². The van der Waals surface area contributed by atoms with E-state index in [1.807, 2.05) is 12.1 Å². The van der Waals surface area contributed by atoms with Gasteiger partial charge in [0.25, 0.3) is 0 Å². The molecular formula is C13H12FN3. The van der Waals surface area contributed by atoms with Crippen LogP contribution in [0.2, 0.25) is 0 Å². The van der Waals surface area contributed by atoms with E-state index in [-0.39, 0.29) is 5.82 Å². The zero-order valence-electron chi connectivity index (χ0n) is 9.39. The molecule has 0 fully saturated rings. The van der Waals surface area contributed by atoms with Gasteiger partial charge in [0.2, 0.25) is 0 Å². The van der Waals surface area contributed by atoms with E-state index in [0.717, 1.165) is 0 Å². The molecule has 0 saturated heterocycles. The Morgan fingerprint density at radius 1 is 1.18 bits per heavy atom. The predicted octanol–water partition coefficient (Wildman–Crippen LogP) is 3.06. The summed E-state index contributed by atoms with van der Waals surface area (Å²) in [4.78, 5) is 4.05. The zero-order valence-corrected chi connectivity index (χ0v) is 9.39. The lowest BCUT2D eigenvalue weighted by atomic mass is 10.1.